The normalized spacial score (nSPS) is 10.5. The van der Waals surface area contributed by atoms with E-state index in [9.17, 15) is 14.4 Å². The van der Waals surface area contributed by atoms with E-state index in [1.54, 1.807) is 0 Å². The van der Waals surface area contributed by atoms with Gasteiger partial charge in [-0.25, -0.2) is 0 Å². The molecule has 0 saturated heterocycles. The standard InChI is InChI=1S/C4H5ClN2O3/c5-4(1-8,2(6)9)3(7)10/h1H,(H2,6,9)(H2,7,10). The van der Waals surface area contributed by atoms with Gasteiger partial charge in [0.1, 0.15) is 0 Å². The molecule has 0 aliphatic heterocycles. The van der Waals surface area contributed by atoms with E-state index >= 15 is 0 Å². The second-order valence-electron chi connectivity index (χ2n) is 1.56. The highest BCUT2D eigenvalue weighted by molar-refractivity contribution is 6.54. The van der Waals surface area contributed by atoms with Crippen molar-refractivity contribution in [3.05, 3.63) is 0 Å². The lowest BCUT2D eigenvalue weighted by atomic mass is 10.1. The summed E-state index contributed by atoms with van der Waals surface area (Å²) >= 11 is 5.08. The molecule has 0 unspecified atom stereocenters. The van der Waals surface area contributed by atoms with Crippen LogP contribution in [0.2, 0.25) is 0 Å². The van der Waals surface area contributed by atoms with E-state index in [2.05, 4.69) is 11.5 Å². The first-order valence-electron chi connectivity index (χ1n) is 2.20. The van der Waals surface area contributed by atoms with Crippen LogP contribution in [0.3, 0.4) is 0 Å². The molecule has 5 nitrogen and oxygen atoms in total. The molecule has 4 N–H and O–H groups in total. The van der Waals surface area contributed by atoms with Crippen molar-refractivity contribution in [1.82, 2.24) is 0 Å². The minimum atomic E-state index is -2.39. The first-order chi connectivity index (χ1) is 4.45. The fourth-order valence-electron chi connectivity index (χ4n) is 0.238. The Morgan fingerprint density at radius 1 is 1.30 bits per heavy atom. The summed E-state index contributed by atoms with van der Waals surface area (Å²) in [5.41, 5.74) is 9.16. The van der Waals surface area contributed by atoms with Gasteiger partial charge in [0.25, 0.3) is 16.7 Å². The van der Waals surface area contributed by atoms with Gasteiger partial charge in [-0.3, -0.25) is 9.59 Å². The maximum absolute atomic E-state index is 10.3. The van der Waals surface area contributed by atoms with Crippen molar-refractivity contribution in [1.29, 1.82) is 0 Å². The SMILES string of the molecule is NC(=O)C(Cl)(C=O)C(N)=O. The number of aldehydes is 1. The fourth-order valence-corrected chi connectivity index (χ4v) is 0.238. The van der Waals surface area contributed by atoms with E-state index in [4.69, 9.17) is 11.6 Å². The molecule has 0 bridgehead atoms. The topological polar surface area (TPSA) is 103 Å². The second kappa shape index (κ2) is 2.66. The Labute approximate surface area is 61.3 Å². The molecule has 2 amide bonds. The van der Waals surface area contributed by atoms with Crippen LogP contribution < -0.4 is 11.5 Å². The van der Waals surface area contributed by atoms with Crippen molar-refractivity contribution in [3.8, 4) is 0 Å². The Morgan fingerprint density at radius 3 is 1.60 bits per heavy atom. The molecule has 0 saturated carbocycles. The van der Waals surface area contributed by atoms with Gasteiger partial charge in [0, 0.05) is 0 Å². The van der Waals surface area contributed by atoms with Gasteiger partial charge in [0.2, 0.25) is 0 Å². The zero-order valence-electron chi connectivity index (χ0n) is 4.83. The Hall–Kier alpha value is -1.10. The molecule has 0 atom stereocenters. The van der Waals surface area contributed by atoms with Crippen LogP contribution in [-0.2, 0) is 14.4 Å². The van der Waals surface area contributed by atoms with Crippen molar-refractivity contribution in [2.45, 2.75) is 4.87 Å². The van der Waals surface area contributed by atoms with Crippen LogP contribution in [0.5, 0.6) is 0 Å². The van der Waals surface area contributed by atoms with E-state index in [0.29, 0.717) is 0 Å². The zero-order valence-corrected chi connectivity index (χ0v) is 5.59. The quantitative estimate of drug-likeness (QED) is 0.290. The molecule has 0 fully saturated rings. The summed E-state index contributed by atoms with van der Waals surface area (Å²) in [7, 11) is 0. The van der Waals surface area contributed by atoms with E-state index in [0.717, 1.165) is 0 Å². The predicted octanol–water partition coefficient (Wildman–Crippen LogP) is -1.87. The monoisotopic (exact) mass is 164 g/mol. The zero-order chi connectivity index (χ0) is 8.36. The first kappa shape index (κ1) is 8.90. The molecule has 0 aromatic rings. The molecule has 0 heterocycles. The lowest BCUT2D eigenvalue weighted by Crippen LogP contribution is -2.50. The van der Waals surface area contributed by atoms with Gasteiger partial charge in [0.05, 0.1) is 0 Å². The molecule has 0 radical (unpaired) electrons. The van der Waals surface area contributed by atoms with Crippen molar-refractivity contribution >= 4 is 29.7 Å². The van der Waals surface area contributed by atoms with Gasteiger partial charge in [-0.15, -0.1) is 0 Å². The molecule has 10 heavy (non-hydrogen) atoms. The number of primary amides is 2. The van der Waals surface area contributed by atoms with E-state index in [1.165, 1.54) is 0 Å². The molecular formula is C4H5ClN2O3. The maximum Gasteiger partial charge on any atom is 0.255 e. The van der Waals surface area contributed by atoms with Crippen LogP contribution in [-0.4, -0.2) is 23.0 Å². The average Bonchev–Trinajstić information content (AvgIpc) is 1.85. The number of hydrogen-bond acceptors (Lipinski definition) is 3. The molecule has 6 heteroatoms. The van der Waals surface area contributed by atoms with Crippen molar-refractivity contribution < 1.29 is 14.4 Å². The average molecular weight is 165 g/mol. The number of halogens is 1. The number of hydrogen-bond donors (Lipinski definition) is 2. The number of carbonyl (C=O) groups excluding carboxylic acids is 3. The Balaban J connectivity index is 4.72. The molecule has 0 spiro atoms. The van der Waals surface area contributed by atoms with E-state index in [-0.39, 0.29) is 6.29 Å². The smallest absolute Gasteiger partial charge is 0.255 e. The second-order valence-corrected chi connectivity index (χ2v) is 2.15. The molecule has 0 aromatic heterocycles. The molecular weight excluding hydrogens is 160 g/mol. The lowest BCUT2D eigenvalue weighted by Gasteiger charge is -2.09. The molecule has 56 valence electrons. The van der Waals surface area contributed by atoms with Gasteiger partial charge in [-0.05, 0) is 0 Å². The van der Waals surface area contributed by atoms with Crippen LogP contribution in [0.1, 0.15) is 0 Å². The first-order valence-corrected chi connectivity index (χ1v) is 2.58. The predicted molar refractivity (Wildman–Crippen MR) is 33.0 cm³/mol. The van der Waals surface area contributed by atoms with Crippen molar-refractivity contribution in [3.63, 3.8) is 0 Å². The van der Waals surface area contributed by atoms with Crippen LogP contribution in [0.15, 0.2) is 0 Å². The summed E-state index contributed by atoms with van der Waals surface area (Å²) in [6, 6.07) is 0. The molecule has 0 aliphatic rings. The summed E-state index contributed by atoms with van der Waals surface area (Å²) in [5.74, 6) is -2.53. The van der Waals surface area contributed by atoms with E-state index in [1.807, 2.05) is 0 Å². The molecule has 0 rings (SSSR count). The van der Waals surface area contributed by atoms with Gasteiger partial charge >= 0.3 is 0 Å². The van der Waals surface area contributed by atoms with Crippen molar-refractivity contribution in [2.24, 2.45) is 11.5 Å². The number of amides is 2. The number of carbonyl (C=O) groups is 3. The van der Waals surface area contributed by atoms with Crippen LogP contribution in [0.4, 0.5) is 0 Å². The minimum absolute atomic E-state index is 0.0980. The van der Waals surface area contributed by atoms with Gasteiger partial charge in [0.15, 0.2) is 6.29 Å². The Kier molecular flexibility index (Phi) is 2.36. The molecule has 0 aliphatic carbocycles. The third kappa shape index (κ3) is 1.24. The fraction of sp³-hybridized carbons (Fsp3) is 0.250. The van der Waals surface area contributed by atoms with Gasteiger partial charge < -0.3 is 16.3 Å². The summed E-state index contributed by atoms with van der Waals surface area (Å²) in [5, 5.41) is 0. The summed E-state index contributed by atoms with van der Waals surface area (Å²) in [6.07, 6.45) is -0.0980. The largest absolute Gasteiger partial charge is 0.367 e. The number of nitrogens with two attached hydrogens (primary N) is 2. The molecule has 0 aromatic carbocycles. The number of rotatable bonds is 3. The highest BCUT2D eigenvalue weighted by Crippen LogP contribution is 2.09. The van der Waals surface area contributed by atoms with Crippen LogP contribution in [0, 0.1) is 0 Å². The van der Waals surface area contributed by atoms with Crippen LogP contribution >= 0.6 is 11.6 Å². The summed E-state index contributed by atoms with van der Waals surface area (Å²) < 4.78 is 0. The van der Waals surface area contributed by atoms with Crippen LogP contribution in [0.25, 0.3) is 0 Å². The third-order valence-corrected chi connectivity index (χ3v) is 1.34. The number of alkyl halides is 1. The van der Waals surface area contributed by atoms with E-state index < -0.39 is 16.7 Å². The lowest BCUT2D eigenvalue weighted by molar-refractivity contribution is -0.133. The third-order valence-electron chi connectivity index (χ3n) is 0.880. The van der Waals surface area contributed by atoms with Crippen molar-refractivity contribution in [2.75, 3.05) is 0 Å². The maximum atomic E-state index is 10.3. The highest BCUT2D eigenvalue weighted by atomic mass is 35.5. The Bertz CT molecular complexity index is 177. The summed E-state index contributed by atoms with van der Waals surface area (Å²) in [6.45, 7) is 0. The van der Waals surface area contributed by atoms with Gasteiger partial charge in [-0.2, -0.15) is 0 Å². The van der Waals surface area contributed by atoms with Gasteiger partial charge in [-0.1, -0.05) is 11.6 Å². The Morgan fingerprint density at radius 2 is 1.60 bits per heavy atom. The highest BCUT2D eigenvalue weighted by Gasteiger charge is 2.40. The summed E-state index contributed by atoms with van der Waals surface area (Å²) in [4.78, 5) is 28.1. The minimum Gasteiger partial charge on any atom is -0.367 e.